The third-order valence-electron chi connectivity index (χ3n) is 5.34. The average molecular weight is 446 g/mol. The molecule has 0 bridgehead atoms. The normalized spacial score (nSPS) is 12.7. The van der Waals surface area contributed by atoms with Crippen LogP contribution in [0.3, 0.4) is 0 Å². The minimum Gasteiger partial charge on any atom is -0.457 e. The van der Waals surface area contributed by atoms with Crippen LogP contribution in [0.5, 0.6) is 0 Å². The number of amides is 2. The number of carbonyl (C=O) groups excluding carboxylic acids is 2. The average Bonchev–Trinajstić information content (AvgIpc) is 3.54. The summed E-state index contributed by atoms with van der Waals surface area (Å²) in [7, 11) is 0. The van der Waals surface area contributed by atoms with Crippen molar-refractivity contribution >= 4 is 29.3 Å². The summed E-state index contributed by atoms with van der Waals surface area (Å²) in [4.78, 5) is 23.7. The number of nitrogens with one attached hydrogen (secondary N) is 1. The number of imide groups is 1. The molecule has 2 amide bonds. The number of rotatable bonds is 4. The topological polar surface area (TPSA) is 151 Å². The van der Waals surface area contributed by atoms with Crippen molar-refractivity contribution in [3.8, 4) is 29.1 Å². The summed E-state index contributed by atoms with van der Waals surface area (Å²) in [5.41, 5.74) is 8.28. The maximum atomic E-state index is 11.9. The fraction of sp³-hybridized carbons (Fsp3) is 0. The van der Waals surface area contributed by atoms with E-state index in [9.17, 15) is 20.1 Å². The third-order valence-corrected chi connectivity index (χ3v) is 5.34. The lowest BCUT2D eigenvalue weighted by atomic mass is 10.0. The summed E-state index contributed by atoms with van der Waals surface area (Å²) in [6.07, 6.45) is 1.46. The number of nitrogen functional groups attached to an aromatic ring is 1. The largest absolute Gasteiger partial charge is 0.457 e. The van der Waals surface area contributed by atoms with Gasteiger partial charge in [0.15, 0.2) is 0 Å². The molecule has 2 aromatic carbocycles. The van der Waals surface area contributed by atoms with Gasteiger partial charge in [-0.2, -0.15) is 15.6 Å². The van der Waals surface area contributed by atoms with Crippen molar-refractivity contribution in [2.24, 2.45) is 0 Å². The predicted molar refractivity (Wildman–Crippen MR) is 122 cm³/mol. The van der Waals surface area contributed by atoms with Crippen LogP contribution in [0.1, 0.15) is 37.7 Å². The molecular weight excluding hydrogens is 432 g/mol. The number of allylic oxidation sites excluding steroid dienone is 1. The molecule has 0 spiro atoms. The van der Waals surface area contributed by atoms with Gasteiger partial charge in [0.1, 0.15) is 40.7 Å². The summed E-state index contributed by atoms with van der Waals surface area (Å²) in [5, 5.41) is 26.1. The second kappa shape index (κ2) is 7.93. The van der Waals surface area contributed by atoms with E-state index >= 15 is 0 Å². The first kappa shape index (κ1) is 20.5. The highest BCUT2D eigenvalue weighted by Gasteiger charge is 2.27. The number of aromatic nitrogens is 2. The SMILES string of the molecule is N#C/C(=C\c1ccc(-c2ccc3c(c2)C(=O)NC3=O)o1)c1nn(-c2ccccc2)c(N)c1C#N. The van der Waals surface area contributed by atoms with Gasteiger partial charge in [-0.15, -0.1) is 0 Å². The third kappa shape index (κ3) is 3.30. The minimum absolute atomic E-state index is 0.0812. The second-order valence-electron chi connectivity index (χ2n) is 7.38. The molecule has 0 atom stereocenters. The van der Waals surface area contributed by atoms with Crippen LogP contribution in [-0.4, -0.2) is 21.6 Å². The van der Waals surface area contributed by atoms with Gasteiger partial charge in [0.2, 0.25) is 0 Å². The number of hydrogen-bond acceptors (Lipinski definition) is 7. The van der Waals surface area contributed by atoms with E-state index in [0.717, 1.165) is 0 Å². The van der Waals surface area contributed by atoms with Crippen molar-refractivity contribution in [2.75, 3.05) is 5.73 Å². The van der Waals surface area contributed by atoms with Gasteiger partial charge in [-0.05, 0) is 36.4 Å². The van der Waals surface area contributed by atoms with Gasteiger partial charge in [-0.3, -0.25) is 14.9 Å². The van der Waals surface area contributed by atoms with Crippen molar-refractivity contribution in [1.82, 2.24) is 15.1 Å². The van der Waals surface area contributed by atoms with E-state index < -0.39 is 11.8 Å². The number of carbonyl (C=O) groups is 2. The molecule has 3 heterocycles. The Hall–Kier alpha value is -5.41. The van der Waals surface area contributed by atoms with Gasteiger partial charge in [0.05, 0.1) is 22.4 Å². The van der Waals surface area contributed by atoms with Crippen molar-refractivity contribution in [3.05, 3.63) is 88.8 Å². The van der Waals surface area contributed by atoms with Crippen LogP contribution in [0.2, 0.25) is 0 Å². The Kier molecular flexibility index (Phi) is 4.78. The lowest BCUT2D eigenvalue weighted by Gasteiger charge is -2.02. The summed E-state index contributed by atoms with van der Waals surface area (Å²) in [5.74, 6) is 0.000256. The monoisotopic (exact) mass is 446 g/mol. The van der Waals surface area contributed by atoms with Crippen molar-refractivity contribution in [2.45, 2.75) is 0 Å². The van der Waals surface area contributed by atoms with E-state index in [1.165, 1.54) is 10.8 Å². The molecule has 34 heavy (non-hydrogen) atoms. The molecule has 0 aliphatic carbocycles. The Morgan fingerprint density at radius 3 is 2.53 bits per heavy atom. The number of nitrogens with zero attached hydrogens (tertiary/aromatic N) is 4. The fourth-order valence-corrected chi connectivity index (χ4v) is 3.70. The molecule has 5 rings (SSSR count). The summed E-state index contributed by atoms with van der Waals surface area (Å²) in [6.45, 7) is 0. The molecule has 0 fully saturated rings. The fourth-order valence-electron chi connectivity index (χ4n) is 3.70. The number of fused-ring (bicyclic) bond motifs is 1. The van der Waals surface area contributed by atoms with Gasteiger partial charge in [0.25, 0.3) is 11.8 Å². The zero-order chi connectivity index (χ0) is 23.8. The van der Waals surface area contributed by atoms with Crippen LogP contribution in [0.4, 0.5) is 5.82 Å². The van der Waals surface area contributed by atoms with E-state index in [1.807, 2.05) is 24.3 Å². The van der Waals surface area contributed by atoms with Crippen LogP contribution >= 0.6 is 0 Å². The summed E-state index contributed by atoms with van der Waals surface area (Å²) in [6, 6.07) is 21.2. The number of para-hydroxylation sites is 1. The highest BCUT2D eigenvalue weighted by molar-refractivity contribution is 6.21. The van der Waals surface area contributed by atoms with Crippen molar-refractivity contribution in [3.63, 3.8) is 0 Å². The van der Waals surface area contributed by atoms with E-state index in [0.29, 0.717) is 28.3 Å². The Labute approximate surface area is 192 Å². The molecule has 1 aliphatic heterocycles. The zero-order valence-corrected chi connectivity index (χ0v) is 17.4. The minimum atomic E-state index is -0.462. The first-order valence-electron chi connectivity index (χ1n) is 10.1. The molecular formula is C25H14N6O3. The molecule has 0 unspecified atom stereocenters. The van der Waals surface area contributed by atoms with Gasteiger partial charge in [0, 0.05) is 11.6 Å². The van der Waals surface area contributed by atoms with Gasteiger partial charge < -0.3 is 10.2 Å². The molecule has 2 aromatic heterocycles. The number of hydrogen-bond donors (Lipinski definition) is 2. The maximum Gasteiger partial charge on any atom is 0.258 e. The molecule has 9 heteroatoms. The van der Waals surface area contributed by atoms with Gasteiger partial charge >= 0.3 is 0 Å². The Morgan fingerprint density at radius 1 is 1.03 bits per heavy atom. The van der Waals surface area contributed by atoms with Crippen molar-refractivity contribution < 1.29 is 14.0 Å². The van der Waals surface area contributed by atoms with Crippen LogP contribution in [0, 0.1) is 22.7 Å². The van der Waals surface area contributed by atoms with Crippen LogP contribution in [-0.2, 0) is 0 Å². The molecule has 0 saturated heterocycles. The smallest absolute Gasteiger partial charge is 0.258 e. The van der Waals surface area contributed by atoms with Crippen LogP contribution < -0.4 is 11.1 Å². The zero-order valence-electron chi connectivity index (χ0n) is 17.4. The standard InChI is InChI=1S/C25H14N6O3/c26-12-15(22-20(13-27)23(28)31(30-22)16-4-2-1-3-5-16)10-17-7-9-21(34-17)14-6-8-18-19(11-14)25(33)29-24(18)32/h1-11H,28H2,(H,29,32,33)/b15-10+. The first-order chi connectivity index (χ1) is 16.5. The molecule has 9 nitrogen and oxygen atoms in total. The molecule has 3 N–H and O–H groups in total. The highest BCUT2D eigenvalue weighted by Crippen LogP contribution is 2.30. The number of benzene rings is 2. The number of nitrogens with two attached hydrogens (primary N) is 1. The van der Waals surface area contributed by atoms with Crippen LogP contribution in [0.25, 0.3) is 28.7 Å². The van der Waals surface area contributed by atoms with E-state index in [4.69, 9.17) is 10.2 Å². The lowest BCUT2D eigenvalue weighted by Crippen LogP contribution is -2.19. The second-order valence-corrected chi connectivity index (χ2v) is 7.38. The predicted octanol–water partition coefficient (Wildman–Crippen LogP) is 3.53. The molecule has 162 valence electrons. The number of anilines is 1. The molecule has 0 radical (unpaired) electrons. The number of furan rings is 1. The Balaban J connectivity index is 1.52. The summed E-state index contributed by atoms with van der Waals surface area (Å²) < 4.78 is 7.25. The Bertz CT molecular complexity index is 1600. The van der Waals surface area contributed by atoms with E-state index in [1.54, 1.807) is 42.5 Å². The lowest BCUT2D eigenvalue weighted by molar-refractivity contribution is 0.0879. The van der Waals surface area contributed by atoms with Gasteiger partial charge in [-0.25, -0.2) is 4.68 Å². The van der Waals surface area contributed by atoms with E-state index in [2.05, 4.69) is 16.5 Å². The van der Waals surface area contributed by atoms with Crippen LogP contribution in [0.15, 0.2) is 65.1 Å². The molecule has 0 saturated carbocycles. The van der Waals surface area contributed by atoms with E-state index in [-0.39, 0.29) is 28.2 Å². The Morgan fingerprint density at radius 2 is 1.79 bits per heavy atom. The number of nitriles is 2. The maximum absolute atomic E-state index is 11.9. The summed E-state index contributed by atoms with van der Waals surface area (Å²) >= 11 is 0. The first-order valence-corrected chi connectivity index (χ1v) is 10.1. The van der Waals surface area contributed by atoms with Gasteiger partial charge in [-0.1, -0.05) is 24.3 Å². The molecule has 1 aliphatic rings. The molecule has 4 aromatic rings. The highest BCUT2D eigenvalue weighted by atomic mass is 16.3. The quantitative estimate of drug-likeness (QED) is 0.359. The van der Waals surface area contributed by atoms with Crippen molar-refractivity contribution in [1.29, 1.82) is 10.5 Å².